The van der Waals surface area contributed by atoms with Gasteiger partial charge in [0.05, 0.1) is 0 Å². The summed E-state index contributed by atoms with van der Waals surface area (Å²) in [7, 11) is 0. The van der Waals surface area contributed by atoms with E-state index in [0.717, 1.165) is 4.90 Å². The van der Waals surface area contributed by atoms with Crippen molar-refractivity contribution < 1.29 is 14.7 Å². The molecule has 0 spiro atoms. The van der Waals surface area contributed by atoms with Gasteiger partial charge in [0, 0.05) is 0 Å². The number of hydrogen-bond acceptors (Lipinski definition) is 2. The number of amides is 2. The minimum absolute atomic E-state index is 0.112. The zero-order valence-electron chi connectivity index (χ0n) is 9.90. The van der Waals surface area contributed by atoms with E-state index in [9.17, 15) is 14.7 Å². The van der Waals surface area contributed by atoms with Crippen LogP contribution in [0.15, 0.2) is 30.3 Å². The number of nitrogens with zero attached hydrogens (tertiary/aromatic N) is 1. The number of carboxylic acid groups (broad SMARTS) is 1. The van der Waals surface area contributed by atoms with Gasteiger partial charge in [-0.1, -0.05) is 0 Å². The fourth-order valence-corrected chi connectivity index (χ4v) is 7.00. The van der Waals surface area contributed by atoms with Crippen LogP contribution in [0.1, 0.15) is 6.42 Å². The summed E-state index contributed by atoms with van der Waals surface area (Å²) in [6, 6.07) is 9.94. The fraction of sp³-hybridized carbons (Fsp3) is 0.385. The second-order valence-electron chi connectivity index (χ2n) is 4.74. The Kier molecular flexibility index (Phi) is 3.41. The van der Waals surface area contributed by atoms with Gasteiger partial charge in [-0.3, -0.25) is 0 Å². The predicted octanol–water partition coefficient (Wildman–Crippen LogP) is 1.48. The van der Waals surface area contributed by atoms with Gasteiger partial charge in [0.1, 0.15) is 0 Å². The Morgan fingerprint density at radius 1 is 1.37 bits per heavy atom. The van der Waals surface area contributed by atoms with Gasteiger partial charge in [-0.15, -0.1) is 0 Å². The number of benzene rings is 1. The molecule has 0 aromatic heterocycles. The number of alkyl halides is 1. The zero-order chi connectivity index (χ0) is 13.6. The normalized spacial score (nSPS) is 32.9. The molecule has 1 heterocycles. The number of rotatable bonds is 2. The molecule has 4 atom stereocenters. The van der Waals surface area contributed by atoms with Crippen molar-refractivity contribution in [2.45, 2.75) is 22.1 Å². The molecule has 2 aliphatic rings. The average Bonchev–Trinajstić information content (AvgIpc) is 2.87. The van der Waals surface area contributed by atoms with Gasteiger partial charge in [-0.2, -0.15) is 0 Å². The topological polar surface area (TPSA) is 57.6 Å². The van der Waals surface area contributed by atoms with Crippen LogP contribution >= 0.6 is 15.9 Å². The molecule has 2 amide bonds. The molecule has 1 aromatic rings. The molecule has 4 nitrogen and oxygen atoms in total. The maximum absolute atomic E-state index is 11.9. The number of imide groups is 1. The molecule has 0 radical (unpaired) electrons. The van der Waals surface area contributed by atoms with E-state index < -0.39 is 6.09 Å². The number of halogens is 1. The molecule has 4 unspecified atom stereocenters. The third kappa shape index (κ3) is 2.12. The molecule has 6 heteroatoms. The molecule has 1 aliphatic carbocycles. The Bertz CT molecular complexity index is 524. The molecule has 1 aliphatic heterocycles. The van der Waals surface area contributed by atoms with E-state index in [4.69, 9.17) is 0 Å². The van der Waals surface area contributed by atoms with E-state index in [1.807, 2.05) is 18.2 Å². The van der Waals surface area contributed by atoms with Crippen LogP contribution in [0.2, 0.25) is 4.82 Å². The van der Waals surface area contributed by atoms with Crippen molar-refractivity contribution in [1.29, 1.82) is 0 Å². The maximum atomic E-state index is 11.9. The van der Waals surface area contributed by atoms with Gasteiger partial charge in [-0.05, 0) is 0 Å². The van der Waals surface area contributed by atoms with Gasteiger partial charge < -0.3 is 0 Å². The summed E-state index contributed by atoms with van der Waals surface area (Å²) in [4.78, 5) is 24.5. The van der Waals surface area contributed by atoms with Crippen molar-refractivity contribution in [1.82, 2.24) is 4.90 Å². The molecule has 2 bridgehead atoms. The van der Waals surface area contributed by atoms with Crippen LogP contribution in [-0.2, 0) is 4.79 Å². The second-order valence-corrected chi connectivity index (χ2v) is 8.42. The Morgan fingerprint density at radius 3 is 2.63 bits per heavy atom. The summed E-state index contributed by atoms with van der Waals surface area (Å²) in [6.45, 7) is 0. The SMILES string of the molecule is O=C(O)N1C(=O)C2CC1C([Se]c1ccccc1)C2Br. The van der Waals surface area contributed by atoms with Crippen LogP contribution in [0.3, 0.4) is 0 Å². The number of carbonyl (C=O) groups is 2. The van der Waals surface area contributed by atoms with Crippen molar-refractivity contribution in [2.24, 2.45) is 5.92 Å². The van der Waals surface area contributed by atoms with Gasteiger partial charge in [0.2, 0.25) is 0 Å². The number of fused-ring (bicyclic) bond motifs is 2. The molecule has 19 heavy (non-hydrogen) atoms. The van der Waals surface area contributed by atoms with E-state index in [1.54, 1.807) is 0 Å². The predicted molar refractivity (Wildman–Crippen MR) is 75.1 cm³/mol. The van der Waals surface area contributed by atoms with Crippen LogP contribution in [-0.4, -0.2) is 47.8 Å². The number of piperidine rings is 1. The first-order valence-corrected chi connectivity index (χ1v) is 8.77. The van der Waals surface area contributed by atoms with Gasteiger partial charge >= 0.3 is 125 Å². The van der Waals surface area contributed by atoms with E-state index in [2.05, 4.69) is 28.1 Å². The quantitative estimate of drug-likeness (QED) is 0.616. The van der Waals surface area contributed by atoms with Gasteiger partial charge in [0.25, 0.3) is 0 Å². The van der Waals surface area contributed by atoms with Crippen LogP contribution in [0.25, 0.3) is 0 Å². The summed E-state index contributed by atoms with van der Waals surface area (Å²) in [5.41, 5.74) is 0. The molecular formula is C13H12BrNO3Se. The number of carbonyl (C=O) groups excluding carboxylic acids is 1. The van der Waals surface area contributed by atoms with Crippen LogP contribution in [0, 0.1) is 5.92 Å². The first kappa shape index (κ1) is 13.2. The Hall–Kier alpha value is -0.841. The van der Waals surface area contributed by atoms with Crippen LogP contribution < -0.4 is 4.46 Å². The first-order valence-electron chi connectivity index (χ1n) is 6.01. The van der Waals surface area contributed by atoms with Crippen LogP contribution in [0.4, 0.5) is 4.79 Å². The van der Waals surface area contributed by atoms with E-state index in [-0.39, 0.29) is 42.5 Å². The Labute approximate surface area is 125 Å². The third-order valence-electron chi connectivity index (χ3n) is 3.68. The third-order valence-corrected chi connectivity index (χ3v) is 8.66. The summed E-state index contributed by atoms with van der Waals surface area (Å²) >= 11 is 3.78. The van der Waals surface area contributed by atoms with Crippen molar-refractivity contribution >= 4 is 47.3 Å². The van der Waals surface area contributed by atoms with Crippen molar-refractivity contribution in [2.75, 3.05) is 0 Å². The summed E-state index contributed by atoms with van der Waals surface area (Å²) in [5, 5.41) is 9.17. The van der Waals surface area contributed by atoms with Crippen molar-refractivity contribution in [3.8, 4) is 0 Å². The standard InChI is InChI=1S/C13H12BrNO3Se/c14-10-8-6-9(15(12(8)16)13(17)18)11(10)19-7-4-2-1-3-5-7/h1-5,8-11H,6H2,(H,17,18). The molecule has 2 fully saturated rings. The fourth-order valence-electron chi connectivity index (χ4n) is 2.83. The van der Waals surface area contributed by atoms with Crippen LogP contribution in [0.5, 0.6) is 0 Å². The molecule has 3 rings (SSSR count). The summed E-state index contributed by atoms with van der Waals surface area (Å²) in [6.07, 6.45) is -0.439. The molecule has 1 aromatic carbocycles. The van der Waals surface area contributed by atoms with E-state index >= 15 is 0 Å². The molecule has 1 N–H and O–H groups in total. The monoisotopic (exact) mass is 389 g/mol. The number of likely N-dealkylation sites (tertiary alicyclic amines) is 1. The first-order chi connectivity index (χ1) is 9.09. The summed E-state index contributed by atoms with van der Waals surface area (Å²) in [5.74, 6) is -0.406. The molecule has 1 saturated carbocycles. The zero-order valence-corrected chi connectivity index (χ0v) is 13.2. The number of hydrogen-bond donors (Lipinski definition) is 1. The molecule has 1 saturated heterocycles. The molecule has 100 valence electrons. The average molecular weight is 389 g/mol. The minimum atomic E-state index is -1.11. The second kappa shape index (κ2) is 4.93. The van der Waals surface area contributed by atoms with Crippen molar-refractivity contribution in [3.05, 3.63) is 30.3 Å². The molecular weight excluding hydrogens is 377 g/mol. The van der Waals surface area contributed by atoms with Gasteiger partial charge in [0.15, 0.2) is 0 Å². The summed E-state index contributed by atoms with van der Waals surface area (Å²) < 4.78 is 1.25. The van der Waals surface area contributed by atoms with E-state index in [0.29, 0.717) is 6.42 Å². The Balaban J connectivity index is 1.83. The van der Waals surface area contributed by atoms with E-state index in [1.165, 1.54) is 4.46 Å². The van der Waals surface area contributed by atoms with Gasteiger partial charge in [-0.25, -0.2) is 0 Å². The van der Waals surface area contributed by atoms with Crippen molar-refractivity contribution in [3.63, 3.8) is 0 Å². The Morgan fingerprint density at radius 2 is 2.05 bits per heavy atom.